The fourth-order valence-electron chi connectivity index (χ4n) is 2.21. The van der Waals surface area contributed by atoms with Crippen LogP contribution in [0.1, 0.15) is 46.5 Å². The van der Waals surface area contributed by atoms with Crippen LogP contribution < -0.4 is 0 Å². The van der Waals surface area contributed by atoms with Gasteiger partial charge in [0.25, 0.3) is 5.89 Å². The minimum Gasteiger partial charge on any atom is -0.449 e. The minimum atomic E-state index is -0.767. The van der Waals surface area contributed by atoms with E-state index in [-0.39, 0.29) is 11.5 Å². The second-order valence-electron chi connectivity index (χ2n) is 5.44. The molecule has 2 heterocycles. The number of hydrogen-bond donors (Lipinski definition) is 0. The van der Waals surface area contributed by atoms with Gasteiger partial charge in [-0.2, -0.15) is 4.98 Å². The van der Waals surface area contributed by atoms with E-state index in [0.717, 1.165) is 6.07 Å². The molecule has 0 amide bonds. The number of aryl methyl sites for hydroxylation is 3. The lowest BCUT2D eigenvalue weighted by molar-refractivity contribution is 0.0267. The Balaban J connectivity index is 1.98. The van der Waals surface area contributed by atoms with Crippen molar-refractivity contribution in [3.05, 3.63) is 46.6 Å². The van der Waals surface area contributed by atoms with Crippen molar-refractivity contribution in [2.75, 3.05) is 0 Å². The number of nitrogens with zero attached hydrogens (tertiary/aromatic N) is 4. The Morgan fingerprint density at radius 1 is 1.17 bits per heavy atom. The summed E-state index contributed by atoms with van der Waals surface area (Å²) < 4.78 is 24.1. The van der Waals surface area contributed by atoms with Crippen LogP contribution in [0.3, 0.4) is 0 Å². The number of ether oxygens (including phenoxy) is 1. The highest BCUT2D eigenvalue weighted by molar-refractivity contribution is 6.01. The van der Waals surface area contributed by atoms with Gasteiger partial charge in [0, 0.05) is 6.07 Å². The van der Waals surface area contributed by atoms with Crippen LogP contribution in [-0.4, -0.2) is 26.1 Å². The molecule has 0 N–H and O–H groups in total. The fraction of sp³-hybridized carbons (Fsp3) is 0.312. The van der Waals surface area contributed by atoms with E-state index in [4.69, 9.17) is 9.26 Å². The molecule has 0 saturated heterocycles. The average molecular weight is 330 g/mol. The molecule has 3 rings (SSSR count). The summed E-state index contributed by atoms with van der Waals surface area (Å²) in [6.45, 7) is 6.78. The van der Waals surface area contributed by atoms with E-state index in [1.807, 2.05) is 0 Å². The first-order valence-corrected chi connectivity index (χ1v) is 7.31. The van der Waals surface area contributed by atoms with Gasteiger partial charge in [-0.3, -0.25) is 0 Å². The van der Waals surface area contributed by atoms with Gasteiger partial charge in [0.1, 0.15) is 11.3 Å². The van der Waals surface area contributed by atoms with Crippen molar-refractivity contribution >= 4 is 17.0 Å². The molecule has 0 bridgehead atoms. The van der Waals surface area contributed by atoms with Gasteiger partial charge in [0.2, 0.25) is 0 Å². The molecule has 0 unspecified atom stereocenters. The van der Waals surface area contributed by atoms with Crippen LogP contribution in [-0.2, 0) is 4.74 Å². The zero-order valence-electron chi connectivity index (χ0n) is 13.6. The quantitative estimate of drug-likeness (QED) is 0.682. The number of carbonyl (C=O) groups is 1. The Bertz CT molecular complexity index is 938. The predicted octanol–water partition coefficient (Wildman–Crippen LogP) is 3.00. The molecular formula is C16H15FN4O3. The maximum Gasteiger partial charge on any atom is 0.341 e. The Morgan fingerprint density at radius 2 is 1.88 bits per heavy atom. The number of esters is 1. The molecule has 2 aromatic heterocycles. The van der Waals surface area contributed by atoms with Crippen molar-refractivity contribution in [1.29, 1.82) is 0 Å². The molecule has 0 aliphatic rings. The minimum absolute atomic E-state index is 0.00341. The summed E-state index contributed by atoms with van der Waals surface area (Å²) >= 11 is 0. The predicted molar refractivity (Wildman–Crippen MR) is 81.8 cm³/mol. The van der Waals surface area contributed by atoms with Gasteiger partial charge in [0.15, 0.2) is 11.9 Å². The fourth-order valence-corrected chi connectivity index (χ4v) is 2.21. The normalized spacial score (nSPS) is 12.4. The van der Waals surface area contributed by atoms with Crippen molar-refractivity contribution in [2.24, 2.45) is 0 Å². The third kappa shape index (κ3) is 2.94. The average Bonchev–Trinajstić information content (AvgIpc) is 2.95. The highest BCUT2D eigenvalue weighted by Crippen LogP contribution is 2.23. The third-order valence-electron chi connectivity index (χ3n) is 3.54. The Hall–Kier alpha value is -2.90. The first-order chi connectivity index (χ1) is 11.3. The summed E-state index contributed by atoms with van der Waals surface area (Å²) in [5.74, 6) is -0.727. The first-order valence-electron chi connectivity index (χ1n) is 7.31. The lowest BCUT2D eigenvalue weighted by Gasteiger charge is -2.11. The monoisotopic (exact) mass is 330 g/mol. The lowest BCUT2D eigenvalue weighted by atomic mass is 10.1. The third-order valence-corrected chi connectivity index (χ3v) is 3.54. The van der Waals surface area contributed by atoms with Gasteiger partial charge in [-0.05, 0) is 33.8 Å². The first kappa shape index (κ1) is 16.0. The highest BCUT2D eigenvalue weighted by atomic mass is 19.1. The van der Waals surface area contributed by atoms with Crippen LogP contribution in [0.4, 0.5) is 4.39 Å². The number of fused-ring (bicyclic) bond motifs is 1. The van der Waals surface area contributed by atoms with Crippen LogP contribution in [0, 0.1) is 26.6 Å². The maximum absolute atomic E-state index is 13.8. The number of aromatic nitrogens is 4. The SMILES string of the molecule is Cc1noc([C@@H](C)OC(=O)c2cc(F)cc3nc(C)c(C)nc23)n1. The molecule has 1 atom stereocenters. The molecule has 0 radical (unpaired) electrons. The zero-order chi connectivity index (χ0) is 17.4. The summed E-state index contributed by atoms with van der Waals surface area (Å²) in [6.07, 6.45) is -0.767. The second-order valence-corrected chi connectivity index (χ2v) is 5.44. The van der Waals surface area contributed by atoms with E-state index in [0.29, 0.717) is 28.2 Å². The molecule has 0 saturated carbocycles. The van der Waals surface area contributed by atoms with Crippen LogP contribution in [0.5, 0.6) is 0 Å². The van der Waals surface area contributed by atoms with Crippen molar-refractivity contribution in [1.82, 2.24) is 20.1 Å². The van der Waals surface area contributed by atoms with E-state index in [1.54, 1.807) is 27.7 Å². The van der Waals surface area contributed by atoms with Crippen molar-refractivity contribution in [3.63, 3.8) is 0 Å². The number of hydrogen-bond acceptors (Lipinski definition) is 7. The Morgan fingerprint density at radius 3 is 2.54 bits per heavy atom. The molecule has 0 aliphatic carbocycles. The summed E-state index contributed by atoms with van der Waals surface area (Å²) in [5, 5.41) is 3.64. The standard InChI is InChI=1S/C16H15FN4O3/c1-7-8(2)19-14-12(5-11(17)6-13(14)18-7)16(22)23-9(3)15-20-10(4)21-24-15/h5-6,9H,1-4H3/t9-/m1/s1. The van der Waals surface area contributed by atoms with E-state index in [2.05, 4.69) is 20.1 Å². The Kier molecular flexibility index (Phi) is 3.96. The van der Waals surface area contributed by atoms with Crippen LogP contribution in [0.2, 0.25) is 0 Å². The van der Waals surface area contributed by atoms with E-state index in [1.165, 1.54) is 6.07 Å². The molecule has 1 aromatic carbocycles. The summed E-state index contributed by atoms with van der Waals surface area (Å²) in [4.78, 5) is 25.1. The highest BCUT2D eigenvalue weighted by Gasteiger charge is 2.22. The molecule has 3 aromatic rings. The smallest absolute Gasteiger partial charge is 0.341 e. The molecule has 0 spiro atoms. The van der Waals surface area contributed by atoms with Gasteiger partial charge in [0.05, 0.1) is 22.5 Å². The van der Waals surface area contributed by atoms with Gasteiger partial charge in [-0.1, -0.05) is 5.16 Å². The molecule has 0 fully saturated rings. The van der Waals surface area contributed by atoms with E-state index in [9.17, 15) is 9.18 Å². The summed E-state index contributed by atoms with van der Waals surface area (Å²) in [5.41, 5.74) is 1.92. The second kappa shape index (κ2) is 5.95. The molecular weight excluding hydrogens is 315 g/mol. The Labute approximate surface area is 136 Å². The molecule has 7 nitrogen and oxygen atoms in total. The topological polar surface area (TPSA) is 91.0 Å². The van der Waals surface area contributed by atoms with Gasteiger partial charge >= 0.3 is 5.97 Å². The maximum atomic E-state index is 13.8. The molecule has 8 heteroatoms. The van der Waals surface area contributed by atoms with Gasteiger partial charge in [-0.25, -0.2) is 19.2 Å². The molecule has 124 valence electrons. The number of rotatable bonds is 3. The number of halogens is 1. The molecule has 0 aliphatic heterocycles. The number of benzene rings is 1. The van der Waals surface area contributed by atoms with E-state index < -0.39 is 17.9 Å². The van der Waals surface area contributed by atoms with Crippen LogP contribution in [0.25, 0.3) is 11.0 Å². The van der Waals surface area contributed by atoms with Crippen LogP contribution >= 0.6 is 0 Å². The van der Waals surface area contributed by atoms with Gasteiger partial charge < -0.3 is 9.26 Å². The summed E-state index contributed by atoms with van der Waals surface area (Å²) in [6, 6.07) is 2.32. The van der Waals surface area contributed by atoms with Crippen molar-refractivity contribution in [3.8, 4) is 0 Å². The zero-order valence-corrected chi connectivity index (χ0v) is 13.6. The molecule has 24 heavy (non-hydrogen) atoms. The van der Waals surface area contributed by atoms with E-state index >= 15 is 0 Å². The van der Waals surface area contributed by atoms with Crippen molar-refractivity contribution < 1.29 is 18.4 Å². The van der Waals surface area contributed by atoms with Crippen molar-refractivity contribution in [2.45, 2.75) is 33.8 Å². The largest absolute Gasteiger partial charge is 0.449 e. The van der Waals surface area contributed by atoms with Gasteiger partial charge in [-0.15, -0.1) is 0 Å². The number of carbonyl (C=O) groups excluding carboxylic acids is 1. The lowest BCUT2D eigenvalue weighted by Crippen LogP contribution is -2.12. The summed E-state index contributed by atoms with van der Waals surface area (Å²) in [7, 11) is 0. The van der Waals surface area contributed by atoms with Crippen LogP contribution in [0.15, 0.2) is 16.7 Å².